The number of rotatable bonds is 7. The van der Waals surface area contributed by atoms with Crippen molar-refractivity contribution in [1.82, 2.24) is 5.32 Å². The minimum Gasteiger partial charge on any atom is -0.383 e. The normalized spacial score (nSPS) is 11.6. The van der Waals surface area contributed by atoms with Crippen LogP contribution in [0.3, 0.4) is 0 Å². The third-order valence-electron chi connectivity index (χ3n) is 2.49. The Morgan fingerprint density at radius 3 is 2.55 bits per heavy atom. The average molecular weight is 325 g/mol. The zero-order valence-electron chi connectivity index (χ0n) is 11.7. The summed E-state index contributed by atoms with van der Waals surface area (Å²) in [6.07, 6.45) is 1.20. The molecule has 0 fully saturated rings. The number of anilines is 1. The van der Waals surface area contributed by atoms with Crippen molar-refractivity contribution in [3.8, 4) is 6.07 Å². The summed E-state index contributed by atoms with van der Waals surface area (Å²) >= 11 is 0. The zero-order chi connectivity index (χ0) is 16.6. The maximum absolute atomic E-state index is 11.6. The van der Waals surface area contributed by atoms with Gasteiger partial charge in [-0.3, -0.25) is 9.35 Å². The minimum absolute atomic E-state index is 0.144. The van der Waals surface area contributed by atoms with Crippen LogP contribution in [0, 0.1) is 11.3 Å². The SMILES string of the molecule is COCCNC(=O)/C(C#N)=C\Nc1ccc(S(=O)(=O)O)cc1. The molecule has 0 aliphatic rings. The zero-order valence-corrected chi connectivity index (χ0v) is 12.6. The van der Waals surface area contributed by atoms with E-state index in [1.807, 2.05) is 0 Å². The number of benzene rings is 1. The first-order valence-electron chi connectivity index (χ1n) is 6.10. The van der Waals surface area contributed by atoms with Crippen LogP contribution in [0.5, 0.6) is 0 Å². The highest BCUT2D eigenvalue weighted by Crippen LogP contribution is 2.13. The second-order valence-corrected chi connectivity index (χ2v) is 5.48. The molecule has 0 atom stereocenters. The molecule has 0 aromatic heterocycles. The van der Waals surface area contributed by atoms with E-state index in [0.29, 0.717) is 12.3 Å². The summed E-state index contributed by atoms with van der Waals surface area (Å²) in [5.41, 5.74) is 0.305. The predicted octanol–water partition coefficient (Wildman–Crippen LogP) is 0.515. The van der Waals surface area contributed by atoms with Gasteiger partial charge in [0, 0.05) is 25.5 Å². The number of nitrogens with zero attached hydrogens (tertiary/aromatic N) is 1. The van der Waals surface area contributed by atoms with E-state index in [0.717, 1.165) is 0 Å². The topological polar surface area (TPSA) is 129 Å². The van der Waals surface area contributed by atoms with Crippen LogP contribution >= 0.6 is 0 Å². The number of carbonyl (C=O) groups excluding carboxylic acids is 1. The lowest BCUT2D eigenvalue weighted by Gasteiger charge is -2.05. The van der Waals surface area contributed by atoms with Crippen LogP contribution in [0.15, 0.2) is 40.9 Å². The maximum atomic E-state index is 11.6. The van der Waals surface area contributed by atoms with Crippen LogP contribution in [0.2, 0.25) is 0 Å². The van der Waals surface area contributed by atoms with Gasteiger partial charge >= 0.3 is 0 Å². The van der Waals surface area contributed by atoms with Gasteiger partial charge in [0.15, 0.2) is 0 Å². The van der Waals surface area contributed by atoms with Crippen molar-refractivity contribution in [2.45, 2.75) is 4.90 Å². The smallest absolute Gasteiger partial charge is 0.294 e. The Labute approximate surface area is 128 Å². The van der Waals surface area contributed by atoms with E-state index in [1.165, 1.54) is 37.6 Å². The number of hydrogen-bond donors (Lipinski definition) is 3. The van der Waals surface area contributed by atoms with Crippen molar-refractivity contribution in [2.24, 2.45) is 0 Å². The summed E-state index contributed by atoms with van der Waals surface area (Å²) in [4.78, 5) is 11.4. The van der Waals surface area contributed by atoms with Gasteiger partial charge < -0.3 is 15.4 Å². The molecule has 1 amide bonds. The van der Waals surface area contributed by atoms with Crippen LogP contribution in [-0.4, -0.2) is 39.1 Å². The lowest BCUT2D eigenvalue weighted by Crippen LogP contribution is -2.28. The molecule has 8 nitrogen and oxygen atoms in total. The van der Waals surface area contributed by atoms with Gasteiger partial charge in [0.1, 0.15) is 11.6 Å². The highest BCUT2D eigenvalue weighted by atomic mass is 32.2. The Morgan fingerprint density at radius 1 is 1.41 bits per heavy atom. The van der Waals surface area contributed by atoms with E-state index < -0.39 is 16.0 Å². The van der Waals surface area contributed by atoms with Crippen LogP contribution in [0.4, 0.5) is 5.69 Å². The van der Waals surface area contributed by atoms with Gasteiger partial charge in [0.2, 0.25) is 0 Å². The van der Waals surface area contributed by atoms with Gasteiger partial charge in [-0.25, -0.2) is 0 Å². The molecule has 0 saturated heterocycles. The van der Waals surface area contributed by atoms with Crippen LogP contribution in [0.1, 0.15) is 0 Å². The van der Waals surface area contributed by atoms with Crippen molar-refractivity contribution in [3.63, 3.8) is 0 Å². The summed E-state index contributed by atoms with van der Waals surface area (Å²) in [5.74, 6) is -0.554. The van der Waals surface area contributed by atoms with Crippen molar-refractivity contribution in [1.29, 1.82) is 5.26 Å². The molecule has 0 spiro atoms. The van der Waals surface area contributed by atoms with E-state index in [1.54, 1.807) is 6.07 Å². The van der Waals surface area contributed by atoms with Crippen molar-refractivity contribution in [2.75, 3.05) is 25.6 Å². The molecule has 0 heterocycles. The van der Waals surface area contributed by atoms with Gasteiger partial charge in [-0.15, -0.1) is 0 Å². The summed E-state index contributed by atoms with van der Waals surface area (Å²) in [7, 11) is -2.76. The molecular weight excluding hydrogens is 310 g/mol. The van der Waals surface area contributed by atoms with E-state index >= 15 is 0 Å². The summed E-state index contributed by atoms with van der Waals surface area (Å²) in [5, 5.41) is 14.1. The fourth-order valence-corrected chi connectivity index (χ4v) is 1.87. The van der Waals surface area contributed by atoms with E-state index in [2.05, 4.69) is 10.6 Å². The third kappa shape index (κ3) is 5.53. The Kier molecular flexibility index (Phi) is 6.52. The van der Waals surface area contributed by atoms with E-state index in [9.17, 15) is 13.2 Å². The summed E-state index contributed by atoms with van der Waals surface area (Å²) in [6.45, 7) is 0.604. The molecule has 1 rings (SSSR count). The standard InChI is InChI=1S/C13H15N3O5S/c1-21-7-6-15-13(17)10(8-14)9-16-11-2-4-12(5-3-11)22(18,19)20/h2-5,9,16H,6-7H2,1H3,(H,15,17)(H,18,19,20)/b10-9-. The quantitative estimate of drug-likeness (QED) is 0.288. The van der Waals surface area contributed by atoms with Gasteiger partial charge in [0.25, 0.3) is 16.0 Å². The highest BCUT2D eigenvalue weighted by Gasteiger charge is 2.09. The average Bonchev–Trinajstić information content (AvgIpc) is 2.47. The highest BCUT2D eigenvalue weighted by molar-refractivity contribution is 7.85. The fraction of sp³-hybridized carbons (Fsp3) is 0.231. The van der Waals surface area contributed by atoms with E-state index in [-0.39, 0.29) is 17.0 Å². The first-order chi connectivity index (χ1) is 10.4. The number of ether oxygens (including phenoxy) is 1. The molecule has 1 aromatic carbocycles. The third-order valence-corrected chi connectivity index (χ3v) is 3.36. The number of methoxy groups -OCH3 is 1. The summed E-state index contributed by atoms with van der Waals surface area (Å²) < 4.78 is 35.4. The Morgan fingerprint density at radius 2 is 2.05 bits per heavy atom. The number of nitrogens with one attached hydrogen (secondary N) is 2. The van der Waals surface area contributed by atoms with Crippen LogP contribution < -0.4 is 10.6 Å². The number of hydrogen-bond acceptors (Lipinski definition) is 6. The molecule has 0 aliphatic heterocycles. The molecule has 3 N–H and O–H groups in total. The molecule has 0 bridgehead atoms. The Bertz CT molecular complexity index is 689. The molecular formula is C13H15N3O5S. The van der Waals surface area contributed by atoms with Gasteiger partial charge in [0.05, 0.1) is 11.5 Å². The predicted molar refractivity (Wildman–Crippen MR) is 78.5 cm³/mol. The number of amides is 1. The number of nitriles is 1. The van der Waals surface area contributed by atoms with Crippen molar-refractivity contribution in [3.05, 3.63) is 36.0 Å². The lowest BCUT2D eigenvalue weighted by molar-refractivity contribution is -0.117. The van der Waals surface area contributed by atoms with Gasteiger partial charge in [-0.1, -0.05) is 0 Å². The Balaban J connectivity index is 2.72. The number of carbonyl (C=O) groups is 1. The molecule has 0 aliphatic carbocycles. The molecule has 1 aromatic rings. The molecule has 0 saturated carbocycles. The monoisotopic (exact) mass is 325 g/mol. The largest absolute Gasteiger partial charge is 0.383 e. The van der Waals surface area contributed by atoms with Crippen molar-refractivity contribution >= 4 is 21.7 Å². The second kappa shape index (κ2) is 8.14. The maximum Gasteiger partial charge on any atom is 0.294 e. The first kappa shape index (κ1) is 17.6. The molecule has 22 heavy (non-hydrogen) atoms. The Hall–Kier alpha value is -2.41. The van der Waals surface area contributed by atoms with Crippen LogP contribution in [-0.2, 0) is 19.6 Å². The lowest BCUT2D eigenvalue weighted by atomic mass is 10.3. The van der Waals surface area contributed by atoms with Gasteiger partial charge in [-0.05, 0) is 24.3 Å². The summed E-state index contributed by atoms with van der Waals surface area (Å²) in [6, 6.07) is 6.90. The van der Waals surface area contributed by atoms with Gasteiger partial charge in [-0.2, -0.15) is 13.7 Å². The molecule has 118 valence electrons. The second-order valence-electron chi connectivity index (χ2n) is 4.06. The van der Waals surface area contributed by atoms with E-state index in [4.69, 9.17) is 14.6 Å². The van der Waals surface area contributed by atoms with Crippen LogP contribution in [0.25, 0.3) is 0 Å². The molecule has 9 heteroatoms. The van der Waals surface area contributed by atoms with Crippen molar-refractivity contribution < 1.29 is 22.5 Å². The minimum atomic E-state index is -4.25. The molecule has 0 radical (unpaired) electrons. The molecule has 0 unspecified atom stereocenters. The fourth-order valence-electron chi connectivity index (χ4n) is 1.39. The first-order valence-corrected chi connectivity index (χ1v) is 7.54.